The van der Waals surface area contributed by atoms with Crippen LogP contribution in [0.1, 0.15) is 64.2 Å². The van der Waals surface area contributed by atoms with Crippen LogP contribution < -0.4 is 5.32 Å². The molecule has 3 nitrogen and oxygen atoms in total. The minimum atomic E-state index is 0.0173. The molecule has 1 saturated carbocycles. The van der Waals surface area contributed by atoms with E-state index in [-0.39, 0.29) is 11.9 Å². The Balaban J connectivity index is 2.02. The highest BCUT2D eigenvalue weighted by Crippen LogP contribution is 2.33. The molecule has 0 aromatic heterocycles. The van der Waals surface area contributed by atoms with E-state index < -0.39 is 0 Å². The molecule has 1 N–H and O–H groups in total. The van der Waals surface area contributed by atoms with Crippen molar-refractivity contribution in [3.8, 4) is 0 Å². The third kappa shape index (κ3) is 4.20. The van der Waals surface area contributed by atoms with E-state index in [9.17, 15) is 4.79 Å². The van der Waals surface area contributed by atoms with E-state index in [0.29, 0.717) is 12.0 Å². The Labute approximate surface area is 117 Å². The molecule has 1 aliphatic carbocycles. The average molecular weight is 267 g/mol. The molecule has 0 aromatic rings. The van der Waals surface area contributed by atoms with E-state index in [4.69, 9.17) is 4.74 Å². The second-order valence-electron chi connectivity index (χ2n) is 6.21. The lowest BCUT2D eigenvalue weighted by atomic mass is 9.79. The fourth-order valence-corrected chi connectivity index (χ4v) is 3.86. The lowest BCUT2D eigenvalue weighted by molar-refractivity contribution is -0.148. The summed E-state index contributed by atoms with van der Waals surface area (Å²) in [6.07, 6.45) is 12.7. The SMILES string of the molecule is COC(=O)C(C1CCCCCCCC1)C1CCCN1. The van der Waals surface area contributed by atoms with Gasteiger partial charge in [0.25, 0.3) is 0 Å². The van der Waals surface area contributed by atoms with Crippen molar-refractivity contribution in [3.63, 3.8) is 0 Å². The van der Waals surface area contributed by atoms with Gasteiger partial charge >= 0.3 is 5.97 Å². The van der Waals surface area contributed by atoms with Crippen LogP contribution in [0.3, 0.4) is 0 Å². The first kappa shape index (κ1) is 14.8. The Morgan fingerprint density at radius 1 is 1.00 bits per heavy atom. The number of methoxy groups -OCH3 is 1. The molecular formula is C16H29NO2. The predicted molar refractivity (Wildman–Crippen MR) is 77.0 cm³/mol. The lowest BCUT2D eigenvalue weighted by Crippen LogP contribution is -2.41. The molecule has 2 rings (SSSR count). The van der Waals surface area contributed by atoms with Crippen molar-refractivity contribution >= 4 is 5.97 Å². The van der Waals surface area contributed by atoms with Crippen molar-refractivity contribution in [2.75, 3.05) is 13.7 Å². The molecule has 3 heteroatoms. The fourth-order valence-electron chi connectivity index (χ4n) is 3.86. The number of rotatable bonds is 3. The molecule has 2 fully saturated rings. The summed E-state index contributed by atoms with van der Waals surface area (Å²) in [6, 6.07) is 0.359. The van der Waals surface area contributed by atoms with E-state index in [2.05, 4.69) is 5.32 Å². The molecular weight excluding hydrogens is 238 g/mol. The summed E-state index contributed by atoms with van der Waals surface area (Å²) in [4.78, 5) is 12.2. The van der Waals surface area contributed by atoms with Crippen LogP contribution in [0.2, 0.25) is 0 Å². The first-order chi connectivity index (χ1) is 9.33. The van der Waals surface area contributed by atoms with Gasteiger partial charge in [-0.25, -0.2) is 0 Å². The molecule has 0 spiro atoms. The summed E-state index contributed by atoms with van der Waals surface area (Å²) in [5.41, 5.74) is 0. The van der Waals surface area contributed by atoms with Crippen molar-refractivity contribution in [2.45, 2.75) is 70.3 Å². The van der Waals surface area contributed by atoms with Gasteiger partial charge in [0.1, 0.15) is 0 Å². The molecule has 0 amide bonds. The van der Waals surface area contributed by atoms with Crippen LogP contribution in [0.4, 0.5) is 0 Å². The summed E-state index contributed by atoms with van der Waals surface area (Å²) >= 11 is 0. The van der Waals surface area contributed by atoms with Crippen LogP contribution in [-0.4, -0.2) is 25.7 Å². The smallest absolute Gasteiger partial charge is 0.310 e. The Morgan fingerprint density at radius 3 is 2.16 bits per heavy atom. The highest BCUT2D eigenvalue weighted by atomic mass is 16.5. The summed E-state index contributed by atoms with van der Waals surface area (Å²) in [5.74, 6) is 0.635. The van der Waals surface area contributed by atoms with Crippen molar-refractivity contribution in [1.82, 2.24) is 5.32 Å². The van der Waals surface area contributed by atoms with Crippen LogP contribution in [0.25, 0.3) is 0 Å². The van der Waals surface area contributed by atoms with Crippen molar-refractivity contribution in [3.05, 3.63) is 0 Å². The highest BCUT2D eigenvalue weighted by Gasteiger charge is 2.37. The molecule has 1 aliphatic heterocycles. The molecule has 110 valence electrons. The third-order valence-corrected chi connectivity index (χ3v) is 4.91. The van der Waals surface area contributed by atoms with Crippen molar-refractivity contribution in [2.24, 2.45) is 11.8 Å². The zero-order chi connectivity index (χ0) is 13.5. The normalized spacial score (nSPS) is 28.2. The number of carbonyl (C=O) groups is 1. The van der Waals surface area contributed by atoms with E-state index in [1.54, 1.807) is 7.11 Å². The first-order valence-corrected chi connectivity index (χ1v) is 8.14. The predicted octanol–water partition coefficient (Wildman–Crippen LogP) is 3.28. The Morgan fingerprint density at radius 2 is 1.63 bits per heavy atom. The molecule has 19 heavy (non-hydrogen) atoms. The Bertz CT molecular complexity index is 264. The number of hydrogen-bond acceptors (Lipinski definition) is 3. The van der Waals surface area contributed by atoms with Gasteiger partial charge < -0.3 is 10.1 Å². The van der Waals surface area contributed by atoms with Gasteiger partial charge in [0, 0.05) is 6.04 Å². The largest absolute Gasteiger partial charge is 0.469 e. The number of nitrogens with one attached hydrogen (secondary N) is 1. The van der Waals surface area contributed by atoms with Crippen molar-refractivity contribution in [1.29, 1.82) is 0 Å². The highest BCUT2D eigenvalue weighted by molar-refractivity contribution is 5.73. The topological polar surface area (TPSA) is 38.3 Å². The van der Waals surface area contributed by atoms with Crippen LogP contribution >= 0.6 is 0 Å². The fraction of sp³-hybridized carbons (Fsp3) is 0.938. The number of hydrogen-bond donors (Lipinski definition) is 1. The van der Waals surface area contributed by atoms with Crippen molar-refractivity contribution < 1.29 is 9.53 Å². The zero-order valence-electron chi connectivity index (χ0n) is 12.3. The van der Waals surface area contributed by atoms with Gasteiger partial charge in [0.15, 0.2) is 0 Å². The maximum absolute atomic E-state index is 12.2. The monoisotopic (exact) mass is 267 g/mol. The second kappa shape index (κ2) is 7.88. The van der Waals surface area contributed by atoms with E-state index in [1.807, 2.05) is 0 Å². The molecule has 1 heterocycles. The quantitative estimate of drug-likeness (QED) is 0.798. The number of ether oxygens (including phenoxy) is 1. The number of carbonyl (C=O) groups excluding carboxylic acids is 1. The van der Waals surface area contributed by atoms with Gasteiger partial charge in [0.05, 0.1) is 13.0 Å². The molecule has 2 unspecified atom stereocenters. The van der Waals surface area contributed by atoms with Gasteiger partial charge in [0.2, 0.25) is 0 Å². The van der Waals surface area contributed by atoms with Gasteiger partial charge in [-0.1, -0.05) is 38.5 Å². The maximum Gasteiger partial charge on any atom is 0.310 e. The molecule has 0 radical (unpaired) electrons. The number of esters is 1. The zero-order valence-corrected chi connectivity index (χ0v) is 12.3. The maximum atomic E-state index is 12.2. The summed E-state index contributed by atoms with van der Waals surface area (Å²) in [7, 11) is 1.54. The molecule has 1 saturated heterocycles. The van der Waals surface area contributed by atoms with Gasteiger partial charge in [-0.05, 0) is 38.1 Å². The molecule has 2 aliphatic rings. The van der Waals surface area contributed by atoms with Crippen LogP contribution in [-0.2, 0) is 9.53 Å². The first-order valence-electron chi connectivity index (χ1n) is 8.14. The van der Waals surface area contributed by atoms with E-state index in [1.165, 1.54) is 57.8 Å². The standard InChI is InChI=1S/C16H29NO2/c1-19-16(18)15(14-11-8-12-17-14)13-9-6-4-2-3-5-7-10-13/h13-15,17H,2-12H2,1H3. The molecule has 0 bridgehead atoms. The second-order valence-corrected chi connectivity index (χ2v) is 6.21. The minimum Gasteiger partial charge on any atom is -0.469 e. The summed E-state index contributed by atoms with van der Waals surface area (Å²) < 4.78 is 5.10. The Hall–Kier alpha value is -0.570. The van der Waals surface area contributed by atoms with Gasteiger partial charge in [-0.2, -0.15) is 0 Å². The van der Waals surface area contributed by atoms with Crippen LogP contribution in [0.5, 0.6) is 0 Å². The third-order valence-electron chi connectivity index (χ3n) is 4.91. The average Bonchev–Trinajstić information content (AvgIpc) is 2.96. The van der Waals surface area contributed by atoms with E-state index >= 15 is 0 Å². The Kier molecular flexibility index (Phi) is 6.15. The summed E-state index contributed by atoms with van der Waals surface area (Å²) in [5, 5.41) is 3.52. The van der Waals surface area contributed by atoms with Crippen LogP contribution in [0.15, 0.2) is 0 Å². The minimum absolute atomic E-state index is 0.0173. The van der Waals surface area contributed by atoms with Gasteiger partial charge in [-0.3, -0.25) is 4.79 Å². The van der Waals surface area contributed by atoms with E-state index in [0.717, 1.165) is 13.0 Å². The summed E-state index contributed by atoms with van der Waals surface area (Å²) in [6.45, 7) is 1.06. The molecule has 2 atom stereocenters. The lowest BCUT2D eigenvalue weighted by Gasteiger charge is -2.29. The van der Waals surface area contributed by atoms with Gasteiger partial charge in [-0.15, -0.1) is 0 Å². The van der Waals surface area contributed by atoms with Crippen LogP contribution in [0, 0.1) is 11.8 Å². The molecule has 0 aromatic carbocycles.